The molecule has 0 saturated heterocycles. The fourth-order valence-electron chi connectivity index (χ4n) is 3.90. The van der Waals surface area contributed by atoms with Crippen LogP contribution in [0.4, 0.5) is 4.39 Å². The minimum absolute atomic E-state index is 0.234. The number of rotatable bonds is 3. The van der Waals surface area contributed by atoms with Gasteiger partial charge in [0.1, 0.15) is 5.82 Å². The summed E-state index contributed by atoms with van der Waals surface area (Å²) in [5.74, 6) is 0.874. The Morgan fingerprint density at radius 3 is 2.35 bits per heavy atom. The van der Waals surface area contributed by atoms with Crippen molar-refractivity contribution in [2.75, 3.05) is 0 Å². The Labute approximate surface area is 119 Å². The van der Waals surface area contributed by atoms with Crippen molar-refractivity contribution < 1.29 is 4.39 Å². The largest absolute Gasteiger partial charge is 0.207 e. The molecule has 106 valence electrons. The van der Waals surface area contributed by atoms with Crippen molar-refractivity contribution in [2.45, 2.75) is 44.9 Å². The molecule has 0 aliphatic heterocycles. The molecule has 2 aliphatic carbocycles. The molecule has 0 bridgehead atoms. The lowest BCUT2D eigenvalue weighted by atomic mass is 9.75. The average Bonchev–Trinajstić information content (AvgIpc) is 2.93. The zero-order chi connectivity index (χ0) is 13.9. The second kappa shape index (κ2) is 5.86. The number of hydrogen-bond acceptors (Lipinski definition) is 2. The van der Waals surface area contributed by atoms with Crippen LogP contribution in [0, 0.1) is 22.6 Å². The molecule has 3 heteroatoms. The molecule has 3 rings (SSSR count). The van der Waals surface area contributed by atoms with Crippen LogP contribution < -0.4 is 0 Å². The van der Waals surface area contributed by atoms with Crippen molar-refractivity contribution in [3.05, 3.63) is 46.3 Å². The SMILES string of the molecule is O=NC1=C(c2ccc(F)cc2)C(C2CCCCC2)CC1. The van der Waals surface area contributed by atoms with E-state index in [1.54, 1.807) is 12.1 Å². The highest BCUT2D eigenvalue weighted by Crippen LogP contribution is 2.47. The molecule has 1 fully saturated rings. The van der Waals surface area contributed by atoms with Gasteiger partial charge in [-0.15, -0.1) is 4.91 Å². The molecule has 0 heterocycles. The summed E-state index contributed by atoms with van der Waals surface area (Å²) in [4.78, 5) is 11.1. The Kier molecular flexibility index (Phi) is 3.95. The van der Waals surface area contributed by atoms with E-state index in [4.69, 9.17) is 0 Å². The van der Waals surface area contributed by atoms with Gasteiger partial charge in [0.15, 0.2) is 0 Å². The van der Waals surface area contributed by atoms with E-state index < -0.39 is 0 Å². The Bertz CT molecular complexity index is 514. The molecule has 0 amide bonds. The molecule has 0 aromatic heterocycles. The number of nitrogens with zero attached hydrogens (tertiary/aromatic N) is 1. The van der Waals surface area contributed by atoms with E-state index in [-0.39, 0.29) is 5.82 Å². The van der Waals surface area contributed by atoms with Crippen molar-refractivity contribution >= 4 is 5.57 Å². The molecule has 1 aromatic carbocycles. The van der Waals surface area contributed by atoms with Crippen molar-refractivity contribution in [3.8, 4) is 0 Å². The molecule has 0 radical (unpaired) electrons. The van der Waals surface area contributed by atoms with Crippen LogP contribution in [0.1, 0.15) is 50.5 Å². The zero-order valence-electron chi connectivity index (χ0n) is 11.6. The first kappa shape index (κ1) is 13.5. The molecule has 0 spiro atoms. The van der Waals surface area contributed by atoms with Gasteiger partial charge in [-0.3, -0.25) is 0 Å². The molecule has 1 aromatic rings. The van der Waals surface area contributed by atoms with E-state index in [1.807, 2.05) is 0 Å². The number of allylic oxidation sites excluding steroid dienone is 2. The lowest BCUT2D eigenvalue weighted by Crippen LogP contribution is -2.17. The zero-order valence-corrected chi connectivity index (χ0v) is 11.6. The topological polar surface area (TPSA) is 29.4 Å². The van der Waals surface area contributed by atoms with Crippen molar-refractivity contribution in [3.63, 3.8) is 0 Å². The first-order valence-electron chi connectivity index (χ1n) is 7.62. The minimum atomic E-state index is -0.234. The van der Waals surface area contributed by atoms with Crippen LogP contribution in [0.5, 0.6) is 0 Å². The Morgan fingerprint density at radius 2 is 1.70 bits per heavy atom. The van der Waals surface area contributed by atoms with Gasteiger partial charge in [0, 0.05) is 0 Å². The number of benzene rings is 1. The summed E-state index contributed by atoms with van der Waals surface area (Å²) in [6, 6.07) is 6.52. The number of halogens is 1. The van der Waals surface area contributed by atoms with Gasteiger partial charge in [0.2, 0.25) is 0 Å². The highest BCUT2D eigenvalue weighted by Gasteiger charge is 2.34. The molecule has 0 N–H and O–H groups in total. The molecule has 1 saturated carbocycles. The Balaban J connectivity index is 1.93. The summed E-state index contributed by atoms with van der Waals surface area (Å²) in [7, 11) is 0. The van der Waals surface area contributed by atoms with E-state index in [2.05, 4.69) is 5.18 Å². The summed E-state index contributed by atoms with van der Waals surface area (Å²) in [5, 5.41) is 3.25. The van der Waals surface area contributed by atoms with Crippen LogP contribution in [-0.4, -0.2) is 0 Å². The van der Waals surface area contributed by atoms with Crippen LogP contribution in [0.15, 0.2) is 35.1 Å². The van der Waals surface area contributed by atoms with Gasteiger partial charge in [-0.1, -0.05) is 31.4 Å². The maximum atomic E-state index is 13.1. The van der Waals surface area contributed by atoms with Crippen LogP contribution in [0.3, 0.4) is 0 Å². The Hall–Kier alpha value is -1.51. The third kappa shape index (κ3) is 2.54. The van der Waals surface area contributed by atoms with E-state index in [0.29, 0.717) is 17.5 Å². The van der Waals surface area contributed by atoms with E-state index >= 15 is 0 Å². The minimum Gasteiger partial charge on any atom is -0.207 e. The molecular formula is C17H20FNO. The lowest BCUT2D eigenvalue weighted by Gasteiger charge is -2.29. The summed E-state index contributed by atoms with van der Waals surface area (Å²) >= 11 is 0. The highest BCUT2D eigenvalue weighted by molar-refractivity contribution is 5.72. The summed E-state index contributed by atoms with van der Waals surface area (Å²) < 4.78 is 13.1. The number of hydrogen-bond donors (Lipinski definition) is 0. The quantitative estimate of drug-likeness (QED) is 0.688. The van der Waals surface area contributed by atoms with Crippen LogP contribution >= 0.6 is 0 Å². The van der Waals surface area contributed by atoms with Crippen LogP contribution in [0.25, 0.3) is 5.57 Å². The van der Waals surface area contributed by atoms with Crippen molar-refractivity contribution in [1.82, 2.24) is 0 Å². The predicted octanol–water partition coefficient (Wildman–Crippen LogP) is 5.29. The van der Waals surface area contributed by atoms with Gasteiger partial charge in [0.05, 0.1) is 5.70 Å². The van der Waals surface area contributed by atoms with E-state index in [0.717, 1.165) is 24.0 Å². The fourth-order valence-corrected chi connectivity index (χ4v) is 3.90. The molecule has 1 unspecified atom stereocenters. The average molecular weight is 273 g/mol. The van der Waals surface area contributed by atoms with Gasteiger partial charge in [-0.2, -0.15) is 0 Å². The second-order valence-electron chi connectivity index (χ2n) is 6.00. The van der Waals surface area contributed by atoms with Gasteiger partial charge in [-0.05, 0) is 66.0 Å². The summed E-state index contributed by atoms with van der Waals surface area (Å²) in [5.41, 5.74) is 2.76. The first-order chi connectivity index (χ1) is 9.79. The second-order valence-corrected chi connectivity index (χ2v) is 6.00. The normalized spacial score (nSPS) is 24.1. The van der Waals surface area contributed by atoms with Crippen molar-refractivity contribution in [2.24, 2.45) is 17.0 Å². The first-order valence-corrected chi connectivity index (χ1v) is 7.62. The fraction of sp³-hybridized carbons (Fsp3) is 0.529. The molecular weight excluding hydrogens is 253 g/mol. The van der Waals surface area contributed by atoms with Gasteiger partial charge >= 0.3 is 0 Å². The van der Waals surface area contributed by atoms with E-state index in [9.17, 15) is 9.30 Å². The summed E-state index contributed by atoms with van der Waals surface area (Å²) in [6.07, 6.45) is 8.22. The summed E-state index contributed by atoms with van der Waals surface area (Å²) in [6.45, 7) is 0. The van der Waals surface area contributed by atoms with Gasteiger partial charge in [0.25, 0.3) is 0 Å². The molecule has 2 nitrogen and oxygen atoms in total. The maximum absolute atomic E-state index is 13.1. The number of nitroso groups, excluding NO2 is 1. The monoisotopic (exact) mass is 273 g/mol. The molecule has 20 heavy (non-hydrogen) atoms. The standard InChI is InChI=1S/C17H20FNO/c18-14-8-6-13(7-9-14)17-15(10-11-16(17)19-20)12-4-2-1-3-5-12/h6-9,12,15H,1-5,10-11H2. The van der Waals surface area contributed by atoms with Crippen molar-refractivity contribution in [1.29, 1.82) is 0 Å². The third-order valence-corrected chi connectivity index (χ3v) is 4.86. The third-order valence-electron chi connectivity index (χ3n) is 4.86. The smallest absolute Gasteiger partial charge is 0.123 e. The highest BCUT2D eigenvalue weighted by atomic mass is 19.1. The Morgan fingerprint density at radius 1 is 1.00 bits per heavy atom. The molecule has 1 atom stereocenters. The van der Waals surface area contributed by atoms with Crippen LogP contribution in [0.2, 0.25) is 0 Å². The lowest BCUT2D eigenvalue weighted by molar-refractivity contribution is 0.289. The van der Waals surface area contributed by atoms with Gasteiger partial charge in [-0.25, -0.2) is 4.39 Å². The van der Waals surface area contributed by atoms with E-state index in [1.165, 1.54) is 44.2 Å². The van der Waals surface area contributed by atoms with Crippen LogP contribution in [-0.2, 0) is 0 Å². The van der Waals surface area contributed by atoms with Gasteiger partial charge < -0.3 is 0 Å². The predicted molar refractivity (Wildman–Crippen MR) is 78.4 cm³/mol. The maximum Gasteiger partial charge on any atom is 0.123 e. The molecule has 2 aliphatic rings.